The molecule has 3 aromatic carbocycles. The van der Waals surface area contributed by atoms with Crippen molar-refractivity contribution in [3.05, 3.63) is 94.5 Å². The van der Waals surface area contributed by atoms with E-state index in [0.29, 0.717) is 5.02 Å². The van der Waals surface area contributed by atoms with Crippen LogP contribution in [-0.2, 0) is 11.2 Å². The lowest BCUT2D eigenvalue weighted by Crippen LogP contribution is -2.21. The third-order valence-electron chi connectivity index (χ3n) is 5.45. The van der Waals surface area contributed by atoms with Gasteiger partial charge in [0.25, 0.3) is 0 Å². The van der Waals surface area contributed by atoms with E-state index in [1.54, 1.807) is 6.07 Å². The minimum atomic E-state index is -0.477. The quantitative estimate of drug-likeness (QED) is 0.488. The summed E-state index contributed by atoms with van der Waals surface area (Å²) in [5, 5.41) is 3.56. The van der Waals surface area contributed by atoms with Gasteiger partial charge in [-0.25, -0.2) is 0 Å². The highest BCUT2D eigenvalue weighted by molar-refractivity contribution is 6.31. The van der Waals surface area contributed by atoms with Crippen LogP contribution in [0.4, 0.5) is 11.4 Å². The SMILES string of the molecule is CN(C)CCCc1ccc(N=C(c2ccccc2)C2C(=O)Nc3cc(Cl)ccc32)cc1. The summed E-state index contributed by atoms with van der Waals surface area (Å²) < 4.78 is 0. The molecule has 3 aromatic rings. The first-order valence-corrected chi connectivity index (χ1v) is 10.9. The normalized spacial score (nSPS) is 15.8. The molecule has 0 bridgehead atoms. The summed E-state index contributed by atoms with van der Waals surface area (Å²) in [6, 6.07) is 23.7. The van der Waals surface area contributed by atoms with Crippen molar-refractivity contribution in [2.75, 3.05) is 26.0 Å². The maximum absolute atomic E-state index is 12.9. The minimum absolute atomic E-state index is 0.0832. The zero-order valence-electron chi connectivity index (χ0n) is 17.8. The number of anilines is 1. The molecule has 4 rings (SSSR count). The van der Waals surface area contributed by atoms with Gasteiger partial charge in [-0.05, 0) is 74.4 Å². The van der Waals surface area contributed by atoms with E-state index in [-0.39, 0.29) is 5.91 Å². The van der Waals surface area contributed by atoms with Gasteiger partial charge in [-0.1, -0.05) is 60.1 Å². The standard InChI is InChI=1S/C26H26ClN3O/c1-30(2)16-6-7-18-10-13-21(14-11-18)28-25(19-8-4-3-5-9-19)24-22-15-12-20(27)17-23(22)29-26(24)31/h3-5,8-15,17,24H,6-7,16H2,1-2H3,(H,29,31). The summed E-state index contributed by atoms with van der Waals surface area (Å²) in [7, 11) is 4.18. The molecule has 5 heteroatoms. The van der Waals surface area contributed by atoms with Crippen LogP contribution >= 0.6 is 11.6 Å². The Balaban J connectivity index is 1.67. The van der Waals surface area contributed by atoms with E-state index in [1.807, 2.05) is 54.6 Å². The Morgan fingerprint density at radius 1 is 1.03 bits per heavy atom. The van der Waals surface area contributed by atoms with E-state index in [1.165, 1.54) is 5.56 Å². The number of aryl methyl sites for hydroxylation is 1. The molecule has 0 spiro atoms. The van der Waals surface area contributed by atoms with Crippen molar-refractivity contribution >= 4 is 34.6 Å². The van der Waals surface area contributed by atoms with E-state index in [4.69, 9.17) is 16.6 Å². The van der Waals surface area contributed by atoms with Crippen molar-refractivity contribution in [2.45, 2.75) is 18.8 Å². The fourth-order valence-electron chi connectivity index (χ4n) is 3.89. The first kappa shape index (κ1) is 21.3. The van der Waals surface area contributed by atoms with Gasteiger partial charge in [-0.2, -0.15) is 0 Å². The van der Waals surface area contributed by atoms with Crippen molar-refractivity contribution in [1.82, 2.24) is 4.90 Å². The van der Waals surface area contributed by atoms with Gasteiger partial charge < -0.3 is 10.2 Å². The molecule has 1 aliphatic heterocycles. The summed E-state index contributed by atoms with van der Waals surface area (Å²) in [5.41, 5.74) is 5.45. The van der Waals surface area contributed by atoms with Gasteiger partial charge in [0.1, 0.15) is 5.92 Å². The third kappa shape index (κ3) is 5.04. The zero-order chi connectivity index (χ0) is 21.8. The number of hydrogen-bond donors (Lipinski definition) is 1. The number of carbonyl (C=O) groups is 1. The van der Waals surface area contributed by atoms with Gasteiger partial charge in [0, 0.05) is 10.7 Å². The monoisotopic (exact) mass is 431 g/mol. The number of halogens is 1. The second-order valence-corrected chi connectivity index (χ2v) is 8.53. The lowest BCUT2D eigenvalue weighted by molar-refractivity contribution is -0.115. The summed E-state index contributed by atoms with van der Waals surface area (Å²) in [6.45, 7) is 1.07. The summed E-state index contributed by atoms with van der Waals surface area (Å²) >= 11 is 6.13. The van der Waals surface area contributed by atoms with Crippen LogP contribution in [0.3, 0.4) is 0 Å². The summed E-state index contributed by atoms with van der Waals surface area (Å²) in [4.78, 5) is 20.1. The Bertz CT molecular complexity index is 1090. The van der Waals surface area contributed by atoms with Crippen LogP contribution in [0, 0.1) is 0 Å². The molecule has 1 aliphatic rings. The van der Waals surface area contributed by atoms with Gasteiger partial charge >= 0.3 is 0 Å². The Morgan fingerprint density at radius 3 is 2.48 bits per heavy atom. The molecule has 1 unspecified atom stereocenters. The molecule has 31 heavy (non-hydrogen) atoms. The maximum atomic E-state index is 12.9. The van der Waals surface area contributed by atoms with Gasteiger partial charge in [0.15, 0.2) is 0 Å². The van der Waals surface area contributed by atoms with Crippen LogP contribution in [0.25, 0.3) is 0 Å². The van der Waals surface area contributed by atoms with Gasteiger partial charge in [0.2, 0.25) is 5.91 Å². The van der Waals surface area contributed by atoms with E-state index in [0.717, 1.165) is 47.6 Å². The number of rotatable bonds is 7. The van der Waals surface area contributed by atoms with Crippen LogP contribution in [0.15, 0.2) is 77.8 Å². The minimum Gasteiger partial charge on any atom is -0.325 e. The molecular weight excluding hydrogens is 406 g/mol. The first-order valence-electron chi connectivity index (χ1n) is 10.5. The zero-order valence-corrected chi connectivity index (χ0v) is 18.6. The van der Waals surface area contributed by atoms with Crippen molar-refractivity contribution < 1.29 is 4.79 Å². The topological polar surface area (TPSA) is 44.7 Å². The van der Waals surface area contributed by atoms with Crippen LogP contribution in [0.1, 0.15) is 29.0 Å². The Morgan fingerprint density at radius 2 is 1.77 bits per heavy atom. The molecule has 158 valence electrons. The fourth-order valence-corrected chi connectivity index (χ4v) is 4.06. The number of nitrogens with one attached hydrogen (secondary N) is 1. The van der Waals surface area contributed by atoms with Crippen molar-refractivity contribution in [3.8, 4) is 0 Å². The predicted octanol–water partition coefficient (Wildman–Crippen LogP) is 5.69. The molecule has 0 aliphatic carbocycles. The number of carbonyl (C=O) groups excluding carboxylic acids is 1. The van der Waals surface area contributed by atoms with E-state index < -0.39 is 5.92 Å². The average molecular weight is 432 g/mol. The highest BCUT2D eigenvalue weighted by Crippen LogP contribution is 2.37. The summed E-state index contributed by atoms with van der Waals surface area (Å²) in [6.07, 6.45) is 2.15. The number of fused-ring (bicyclic) bond motifs is 1. The van der Waals surface area contributed by atoms with Gasteiger partial charge in [-0.15, -0.1) is 0 Å². The molecule has 4 nitrogen and oxygen atoms in total. The van der Waals surface area contributed by atoms with Crippen LogP contribution in [0.2, 0.25) is 5.02 Å². The Hall–Kier alpha value is -2.95. The predicted molar refractivity (Wildman–Crippen MR) is 129 cm³/mol. The lowest BCUT2D eigenvalue weighted by atomic mass is 9.90. The number of hydrogen-bond acceptors (Lipinski definition) is 3. The van der Waals surface area contributed by atoms with Crippen molar-refractivity contribution in [3.63, 3.8) is 0 Å². The first-order chi connectivity index (χ1) is 15.0. The fraction of sp³-hybridized carbons (Fsp3) is 0.231. The lowest BCUT2D eigenvalue weighted by Gasteiger charge is -2.14. The van der Waals surface area contributed by atoms with Gasteiger partial charge in [-0.3, -0.25) is 9.79 Å². The number of benzene rings is 3. The van der Waals surface area contributed by atoms with E-state index in [2.05, 4.69) is 36.4 Å². The van der Waals surface area contributed by atoms with Crippen LogP contribution < -0.4 is 5.32 Å². The average Bonchev–Trinajstić information content (AvgIpc) is 3.08. The molecule has 1 amide bonds. The molecule has 0 radical (unpaired) electrons. The molecule has 0 aromatic heterocycles. The Labute approximate surface area is 188 Å². The summed E-state index contributed by atoms with van der Waals surface area (Å²) in [5.74, 6) is -0.561. The second-order valence-electron chi connectivity index (χ2n) is 8.09. The van der Waals surface area contributed by atoms with Gasteiger partial charge in [0.05, 0.1) is 11.4 Å². The largest absolute Gasteiger partial charge is 0.325 e. The van der Waals surface area contributed by atoms with Crippen molar-refractivity contribution in [2.24, 2.45) is 4.99 Å². The smallest absolute Gasteiger partial charge is 0.238 e. The second kappa shape index (κ2) is 9.46. The molecule has 1 N–H and O–H groups in total. The third-order valence-corrected chi connectivity index (χ3v) is 5.68. The molecule has 1 atom stereocenters. The highest BCUT2D eigenvalue weighted by atomic mass is 35.5. The molecular formula is C26H26ClN3O. The highest BCUT2D eigenvalue weighted by Gasteiger charge is 2.35. The molecule has 1 heterocycles. The number of nitrogens with zero attached hydrogens (tertiary/aromatic N) is 2. The van der Waals surface area contributed by atoms with Crippen molar-refractivity contribution in [1.29, 1.82) is 0 Å². The Kier molecular flexibility index (Phi) is 6.50. The maximum Gasteiger partial charge on any atom is 0.238 e. The van der Waals surface area contributed by atoms with E-state index in [9.17, 15) is 4.79 Å². The molecule has 0 saturated heterocycles. The van der Waals surface area contributed by atoms with Crippen LogP contribution in [-0.4, -0.2) is 37.2 Å². The number of aliphatic imine (C=N–C) groups is 1. The van der Waals surface area contributed by atoms with Crippen LogP contribution in [0.5, 0.6) is 0 Å². The number of amides is 1. The molecule has 0 saturated carbocycles. The molecule has 0 fully saturated rings. The van der Waals surface area contributed by atoms with E-state index >= 15 is 0 Å².